The molecule has 1 fully saturated rings. The summed E-state index contributed by atoms with van der Waals surface area (Å²) in [5, 5.41) is 0. The van der Waals surface area contributed by atoms with Crippen LogP contribution in [0, 0.1) is 17.6 Å². The lowest BCUT2D eigenvalue weighted by molar-refractivity contribution is 0.400. The Bertz CT molecular complexity index is 381. The molecule has 0 saturated heterocycles. The number of methoxy groups -OCH3 is 1. The van der Waals surface area contributed by atoms with Crippen molar-refractivity contribution in [3.8, 4) is 5.75 Å². The summed E-state index contributed by atoms with van der Waals surface area (Å²) in [4.78, 5) is 0. The molecular formula is C11H13F2NO. The smallest absolute Gasteiger partial charge is 0.162 e. The lowest BCUT2D eigenvalue weighted by atomic mass is 10.1. The Morgan fingerprint density at radius 2 is 2.07 bits per heavy atom. The molecule has 1 aromatic carbocycles. The van der Waals surface area contributed by atoms with Crippen LogP contribution in [0.2, 0.25) is 0 Å². The molecule has 0 aromatic heterocycles. The first-order valence-corrected chi connectivity index (χ1v) is 4.90. The Balaban J connectivity index is 2.34. The van der Waals surface area contributed by atoms with Crippen molar-refractivity contribution in [3.05, 3.63) is 29.3 Å². The van der Waals surface area contributed by atoms with Crippen molar-refractivity contribution in [2.45, 2.75) is 12.3 Å². The van der Waals surface area contributed by atoms with Gasteiger partial charge in [0.25, 0.3) is 0 Å². The first-order valence-electron chi connectivity index (χ1n) is 4.90. The molecule has 0 heterocycles. The summed E-state index contributed by atoms with van der Waals surface area (Å²) >= 11 is 0. The number of ether oxygens (including phenoxy) is 1. The van der Waals surface area contributed by atoms with Gasteiger partial charge < -0.3 is 10.5 Å². The molecule has 1 aliphatic rings. The topological polar surface area (TPSA) is 35.2 Å². The van der Waals surface area contributed by atoms with Crippen LogP contribution >= 0.6 is 0 Å². The average Bonchev–Trinajstić information content (AvgIpc) is 3.00. The summed E-state index contributed by atoms with van der Waals surface area (Å²) in [7, 11) is 1.45. The van der Waals surface area contributed by atoms with Gasteiger partial charge in [0.05, 0.1) is 7.11 Å². The number of rotatable bonds is 3. The van der Waals surface area contributed by atoms with Gasteiger partial charge in [0.2, 0.25) is 0 Å². The van der Waals surface area contributed by atoms with Gasteiger partial charge in [0.15, 0.2) is 11.6 Å². The molecular weight excluding hydrogens is 200 g/mol. The van der Waals surface area contributed by atoms with E-state index in [4.69, 9.17) is 10.5 Å². The molecule has 2 nitrogen and oxygen atoms in total. The molecule has 0 bridgehead atoms. The van der Waals surface area contributed by atoms with Crippen LogP contribution in [0.5, 0.6) is 5.75 Å². The highest BCUT2D eigenvalue weighted by molar-refractivity contribution is 5.40. The van der Waals surface area contributed by atoms with Gasteiger partial charge in [-0.3, -0.25) is 0 Å². The Morgan fingerprint density at radius 1 is 1.40 bits per heavy atom. The predicted octanol–water partition coefficient (Wildman–Crippen LogP) is 2.04. The second-order valence-corrected chi connectivity index (χ2v) is 3.85. The quantitative estimate of drug-likeness (QED) is 0.833. The molecule has 0 amide bonds. The minimum absolute atomic E-state index is 0.222. The minimum Gasteiger partial charge on any atom is -0.496 e. The van der Waals surface area contributed by atoms with E-state index < -0.39 is 11.6 Å². The zero-order valence-corrected chi connectivity index (χ0v) is 8.47. The van der Waals surface area contributed by atoms with E-state index in [1.165, 1.54) is 13.2 Å². The maximum absolute atomic E-state index is 13.1. The molecule has 1 saturated carbocycles. The molecule has 0 radical (unpaired) electrons. The van der Waals surface area contributed by atoms with E-state index in [1.807, 2.05) is 0 Å². The molecule has 2 atom stereocenters. The summed E-state index contributed by atoms with van der Waals surface area (Å²) in [5.74, 6) is -0.687. The highest BCUT2D eigenvalue weighted by atomic mass is 19.2. The third-order valence-electron chi connectivity index (χ3n) is 2.90. The number of hydrogen-bond donors (Lipinski definition) is 1. The predicted molar refractivity (Wildman–Crippen MR) is 52.8 cm³/mol. The SMILES string of the molecule is COc1cc(F)c(F)cc1[C@@H]1C[C@H]1CN. The molecule has 15 heavy (non-hydrogen) atoms. The Hall–Kier alpha value is -1.16. The van der Waals surface area contributed by atoms with E-state index in [2.05, 4.69) is 0 Å². The summed E-state index contributed by atoms with van der Waals surface area (Å²) < 4.78 is 31.0. The minimum atomic E-state index is -0.874. The van der Waals surface area contributed by atoms with Gasteiger partial charge >= 0.3 is 0 Å². The van der Waals surface area contributed by atoms with Crippen molar-refractivity contribution >= 4 is 0 Å². The maximum atomic E-state index is 13.1. The fraction of sp³-hybridized carbons (Fsp3) is 0.455. The van der Waals surface area contributed by atoms with Gasteiger partial charge in [-0.1, -0.05) is 0 Å². The highest BCUT2D eigenvalue weighted by Gasteiger charge is 2.39. The number of nitrogens with two attached hydrogens (primary N) is 1. The van der Waals surface area contributed by atoms with Crippen LogP contribution < -0.4 is 10.5 Å². The van der Waals surface area contributed by atoms with Gasteiger partial charge in [-0.05, 0) is 30.9 Å². The summed E-state index contributed by atoms with van der Waals surface area (Å²) in [5.41, 5.74) is 6.24. The van der Waals surface area contributed by atoms with Gasteiger partial charge in [0, 0.05) is 11.6 Å². The Kier molecular flexibility index (Phi) is 2.61. The number of benzene rings is 1. The molecule has 0 spiro atoms. The van der Waals surface area contributed by atoms with Crippen LogP contribution in [0.1, 0.15) is 17.9 Å². The molecule has 0 unspecified atom stereocenters. The normalized spacial score (nSPS) is 24.0. The second kappa shape index (κ2) is 3.77. The zero-order chi connectivity index (χ0) is 11.0. The number of halogens is 2. The monoisotopic (exact) mass is 213 g/mol. The van der Waals surface area contributed by atoms with Crippen LogP contribution in [0.3, 0.4) is 0 Å². The van der Waals surface area contributed by atoms with E-state index in [0.29, 0.717) is 18.2 Å². The molecule has 4 heteroatoms. The fourth-order valence-corrected chi connectivity index (χ4v) is 1.90. The Labute approximate surface area is 87.0 Å². The van der Waals surface area contributed by atoms with Crippen molar-refractivity contribution in [2.24, 2.45) is 11.7 Å². The van der Waals surface area contributed by atoms with E-state index in [0.717, 1.165) is 18.1 Å². The van der Waals surface area contributed by atoms with Crippen molar-refractivity contribution in [3.63, 3.8) is 0 Å². The van der Waals surface area contributed by atoms with Crippen LogP contribution in [-0.2, 0) is 0 Å². The molecule has 2 N–H and O–H groups in total. The van der Waals surface area contributed by atoms with Crippen molar-refractivity contribution in [1.29, 1.82) is 0 Å². The average molecular weight is 213 g/mol. The van der Waals surface area contributed by atoms with Crippen LogP contribution in [-0.4, -0.2) is 13.7 Å². The van der Waals surface area contributed by atoms with Gasteiger partial charge in [-0.25, -0.2) is 8.78 Å². The van der Waals surface area contributed by atoms with Crippen molar-refractivity contribution < 1.29 is 13.5 Å². The Morgan fingerprint density at radius 3 is 2.60 bits per heavy atom. The van der Waals surface area contributed by atoms with Crippen molar-refractivity contribution in [1.82, 2.24) is 0 Å². The van der Waals surface area contributed by atoms with Crippen LogP contribution in [0.15, 0.2) is 12.1 Å². The first kappa shape index (κ1) is 10.4. The molecule has 1 aromatic rings. The largest absolute Gasteiger partial charge is 0.496 e. The van der Waals surface area contributed by atoms with Crippen LogP contribution in [0.4, 0.5) is 8.78 Å². The van der Waals surface area contributed by atoms with E-state index in [-0.39, 0.29) is 5.92 Å². The highest BCUT2D eigenvalue weighted by Crippen LogP contribution is 2.49. The van der Waals surface area contributed by atoms with Gasteiger partial charge in [-0.2, -0.15) is 0 Å². The lowest BCUT2D eigenvalue weighted by Crippen LogP contribution is -2.03. The fourth-order valence-electron chi connectivity index (χ4n) is 1.90. The first-order chi connectivity index (χ1) is 7.17. The van der Waals surface area contributed by atoms with E-state index in [1.54, 1.807) is 0 Å². The number of hydrogen-bond acceptors (Lipinski definition) is 2. The zero-order valence-electron chi connectivity index (χ0n) is 8.47. The molecule has 82 valence electrons. The third-order valence-corrected chi connectivity index (χ3v) is 2.90. The summed E-state index contributed by atoms with van der Waals surface area (Å²) in [6, 6.07) is 2.31. The molecule has 0 aliphatic heterocycles. The van der Waals surface area contributed by atoms with Crippen LogP contribution in [0.25, 0.3) is 0 Å². The van der Waals surface area contributed by atoms with Gasteiger partial charge in [-0.15, -0.1) is 0 Å². The maximum Gasteiger partial charge on any atom is 0.162 e. The third kappa shape index (κ3) is 1.81. The van der Waals surface area contributed by atoms with Crippen molar-refractivity contribution in [2.75, 3.05) is 13.7 Å². The molecule has 1 aliphatic carbocycles. The van der Waals surface area contributed by atoms with Gasteiger partial charge in [0.1, 0.15) is 5.75 Å². The standard InChI is InChI=1S/C11H13F2NO/c1-15-11-4-10(13)9(12)3-8(11)7-2-6(7)5-14/h3-4,6-7H,2,5,14H2,1H3/t6-,7+/m0/s1. The molecule has 2 rings (SSSR count). The van der Waals surface area contributed by atoms with E-state index >= 15 is 0 Å². The van der Waals surface area contributed by atoms with E-state index in [9.17, 15) is 8.78 Å². The second-order valence-electron chi connectivity index (χ2n) is 3.85. The summed E-state index contributed by atoms with van der Waals surface area (Å²) in [6.07, 6.45) is 0.929. The summed E-state index contributed by atoms with van der Waals surface area (Å²) in [6.45, 7) is 0.576. The lowest BCUT2D eigenvalue weighted by Gasteiger charge is -2.08.